The van der Waals surface area contributed by atoms with E-state index in [1.165, 1.54) is 0 Å². The summed E-state index contributed by atoms with van der Waals surface area (Å²) in [5, 5.41) is 0. The van der Waals surface area contributed by atoms with Crippen molar-refractivity contribution in [3.63, 3.8) is 0 Å². The Morgan fingerprint density at radius 3 is 1.35 bits per heavy atom. The van der Waals surface area contributed by atoms with Crippen LogP contribution in [0, 0.1) is 0 Å². The normalized spacial score (nSPS) is 11.6. The number of hydrogen-bond acceptors (Lipinski definition) is 1. The van der Waals surface area contributed by atoms with Crippen LogP contribution in [-0.2, 0) is 4.74 Å². The maximum absolute atomic E-state index is 5.63. The molecule has 0 saturated carbocycles. The Kier molecular flexibility index (Phi) is 14.4. The third-order valence-corrected chi connectivity index (χ3v) is 3.29. The lowest BCUT2D eigenvalue weighted by atomic mass is 10.2. The molecule has 0 unspecified atom stereocenters. The Balaban J connectivity index is 2.94. The second-order valence-corrected chi connectivity index (χ2v) is 6.65. The van der Waals surface area contributed by atoms with E-state index in [0.717, 1.165) is 64.6 Å². The van der Waals surface area contributed by atoms with Gasteiger partial charge in [0.15, 0.2) is 0 Å². The number of halogens is 4. The fraction of sp³-hybridized carbons (Fsp3) is 1.00. The lowest BCUT2D eigenvalue weighted by Gasteiger charge is -2.05. The van der Waals surface area contributed by atoms with Crippen molar-refractivity contribution >= 4 is 46.4 Å². The molecule has 0 saturated heterocycles. The smallest absolute Gasteiger partial charge is 0.107 e. The van der Waals surface area contributed by atoms with Crippen molar-refractivity contribution in [2.45, 2.75) is 61.0 Å². The van der Waals surface area contributed by atoms with Crippen molar-refractivity contribution < 1.29 is 4.74 Å². The van der Waals surface area contributed by atoms with Gasteiger partial charge in [-0.1, -0.05) is 25.7 Å². The molecular formula is C12H22Cl4O. The van der Waals surface area contributed by atoms with E-state index >= 15 is 0 Å². The molecule has 0 atom stereocenters. The van der Waals surface area contributed by atoms with Crippen molar-refractivity contribution in [3.05, 3.63) is 0 Å². The van der Waals surface area contributed by atoms with E-state index in [4.69, 9.17) is 51.1 Å². The molecule has 5 heteroatoms. The molecule has 104 valence electrons. The molecule has 0 bridgehead atoms. The lowest BCUT2D eigenvalue weighted by molar-refractivity contribution is 0.126. The maximum atomic E-state index is 5.63. The first-order valence-corrected chi connectivity index (χ1v) is 8.01. The van der Waals surface area contributed by atoms with Crippen LogP contribution in [0.5, 0.6) is 0 Å². The predicted octanol–water partition coefficient (Wildman–Crippen LogP) is 5.73. The van der Waals surface area contributed by atoms with E-state index in [-0.39, 0.29) is 9.67 Å². The van der Waals surface area contributed by atoms with Crippen LogP contribution in [0.15, 0.2) is 0 Å². The van der Waals surface area contributed by atoms with Gasteiger partial charge in [0.1, 0.15) is 9.67 Å². The SMILES string of the molecule is ClC(Cl)CCCCCOCCCCCC(Cl)Cl. The largest absolute Gasteiger partial charge is 0.381 e. The quantitative estimate of drug-likeness (QED) is 0.329. The molecule has 0 fully saturated rings. The highest BCUT2D eigenvalue weighted by atomic mass is 35.5. The predicted molar refractivity (Wildman–Crippen MR) is 78.7 cm³/mol. The summed E-state index contributed by atoms with van der Waals surface area (Å²) in [4.78, 5) is -0.438. The molecule has 0 amide bonds. The minimum Gasteiger partial charge on any atom is -0.381 e. The summed E-state index contributed by atoms with van der Waals surface area (Å²) >= 11 is 22.5. The second-order valence-electron chi connectivity index (χ2n) is 4.09. The minimum atomic E-state index is -0.219. The average Bonchev–Trinajstić information content (AvgIpc) is 2.25. The summed E-state index contributed by atoms with van der Waals surface area (Å²) < 4.78 is 5.52. The molecule has 0 heterocycles. The third kappa shape index (κ3) is 17.1. The van der Waals surface area contributed by atoms with Crippen molar-refractivity contribution in [3.8, 4) is 0 Å². The number of unbranched alkanes of at least 4 members (excludes halogenated alkanes) is 4. The summed E-state index contributed by atoms with van der Waals surface area (Å²) in [6, 6.07) is 0. The standard InChI is InChI=1S/C12H22Cl4O/c13-11(14)7-3-1-5-9-17-10-6-2-4-8-12(15)16/h11-12H,1-10H2. The Morgan fingerprint density at radius 1 is 0.588 bits per heavy atom. The van der Waals surface area contributed by atoms with Crippen molar-refractivity contribution in [1.82, 2.24) is 0 Å². The Hall–Kier alpha value is 1.12. The summed E-state index contributed by atoms with van der Waals surface area (Å²) in [6.45, 7) is 1.67. The van der Waals surface area contributed by atoms with Crippen molar-refractivity contribution in [1.29, 1.82) is 0 Å². The van der Waals surface area contributed by atoms with Gasteiger partial charge in [0.05, 0.1) is 0 Å². The molecule has 0 aromatic carbocycles. The van der Waals surface area contributed by atoms with Crippen LogP contribution in [-0.4, -0.2) is 22.9 Å². The van der Waals surface area contributed by atoms with Crippen LogP contribution in [0.4, 0.5) is 0 Å². The molecule has 0 rings (SSSR count). The zero-order valence-corrected chi connectivity index (χ0v) is 13.2. The third-order valence-electron chi connectivity index (χ3n) is 2.42. The van der Waals surface area contributed by atoms with E-state index < -0.39 is 0 Å². The highest BCUT2D eigenvalue weighted by Crippen LogP contribution is 2.13. The molecule has 0 aliphatic heterocycles. The first-order chi connectivity index (χ1) is 8.13. The lowest BCUT2D eigenvalue weighted by Crippen LogP contribution is -1.98. The van der Waals surface area contributed by atoms with Crippen LogP contribution in [0.3, 0.4) is 0 Å². The Morgan fingerprint density at radius 2 is 1.00 bits per heavy atom. The summed E-state index contributed by atoms with van der Waals surface area (Å²) in [5.74, 6) is 0. The fourth-order valence-corrected chi connectivity index (χ4v) is 2.08. The summed E-state index contributed by atoms with van der Waals surface area (Å²) in [7, 11) is 0. The first-order valence-electron chi connectivity index (χ1n) is 6.27. The molecule has 0 N–H and O–H groups in total. The van der Waals surface area contributed by atoms with Crippen LogP contribution < -0.4 is 0 Å². The van der Waals surface area contributed by atoms with E-state index in [1.807, 2.05) is 0 Å². The van der Waals surface area contributed by atoms with E-state index in [2.05, 4.69) is 0 Å². The second kappa shape index (κ2) is 13.5. The molecule has 0 aromatic heterocycles. The Bertz CT molecular complexity index is 137. The number of alkyl halides is 4. The molecule has 0 aliphatic rings. The summed E-state index contributed by atoms with van der Waals surface area (Å²) in [5.41, 5.74) is 0. The maximum Gasteiger partial charge on any atom is 0.107 e. The van der Waals surface area contributed by atoms with Gasteiger partial charge in [0, 0.05) is 13.2 Å². The van der Waals surface area contributed by atoms with Crippen LogP contribution in [0.25, 0.3) is 0 Å². The van der Waals surface area contributed by atoms with Gasteiger partial charge in [-0.25, -0.2) is 0 Å². The van der Waals surface area contributed by atoms with Gasteiger partial charge in [0.25, 0.3) is 0 Å². The molecule has 0 aromatic rings. The topological polar surface area (TPSA) is 9.23 Å². The van der Waals surface area contributed by atoms with Crippen LogP contribution in [0.2, 0.25) is 0 Å². The molecular weight excluding hydrogens is 302 g/mol. The number of hydrogen-bond donors (Lipinski definition) is 0. The van der Waals surface area contributed by atoms with E-state index in [9.17, 15) is 0 Å². The zero-order valence-electron chi connectivity index (χ0n) is 10.1. The number of rotatable bonds is 12. The van der Waals surface area contributed by atoms with Gasteiger partial charge < -0.3 is 4.74 Å². The zero-order chi connectivity index (χ0) is 12.9. The van der Waals surface area contributed by atoms with Crippen LogP contribution >= 0.6 is 46.4 Å². The van der Waals surface area contributed by atoms with Gasteiger partial charge in [-0.3, -0.25) is 0 Å². The minimum absolute atomic E-state index is 0.219. The molecule has 17 heavy (non-hydrogen) atoms. The van der Waals surface area contributed by atoms with Gasteiger partial charge in [0.2, 0.25) is 0 Å². The van der Waals surface area contributed by atoms with Crippen molar-refractivity contribution in [2.24, 2.45) is 0 Å². The van der Waals surface area contributed by atoms with Gasteiger partial charge in [-0.15, -0.1) is 46.4 Å². The molecule has 0 radical (unpaired) electrons. The van der Waals surface area contributed by atoms with E-state index in [0.29, 0.717) is 0 Å². The first kappa shape index (κ1) is 18.1. The van der Waals surface area contributed by atoms with Crippen LogP contribution in [0.1, 0.15) is 51.4 Å². The highest BCUT2D eigenvalue weighted by molar-refractivity contribution is 6.44. The van der Waals surface area contributed by atoms with Crippen molar-refractivity contribution in [2.75, 3.05) is 13.2 Å². The highest BCUT2D eigenvalue weighted by Gasteiger charge is 1.99. The molecule has 0 aliphatic carbocycles. The monoisotopic (exact) mass is 322 g/mol. The van der Waals surface area contributed by atoms with E-state index in [1.54, 1.807) is 0 Å². The summed E-state index contributed by atoms with van der Waals surface area (Å²) in [6.07, 6.45) is 8.36. The molecule has 0 spiro atoms. The molecule has 1 nitrogen and oxygen atoms in total. The van der Waals surface area contributed by atoms with Gasteiger partial charge in [-0.05, 0) is 25.7 Å². The number of ether oxygens (including phenoxy) is 1. The fourth-order valence-electron chi connectivity index (χ4n) is 1.46. The average molecular weight is 324 g/mol. The van der Waals surface area contributed by atoms with Gasteiger partial charge >= 0.3 is 0 Å². The van der Waals surface area contributed by atoms with Gasteiger partial charge in [-0.2, -0.15) is 0 Å². The Labute approximate surface area is 125 Å².